The Hall–Kier alpha value is -1.21. The van der Waals surface area contributed by atoms with Gasteiger partial charge >= 0.3 is 0 Å². The number of thiophene rings is 1. The number of benzene rings is 1. The van der Waals surface area contributed by atoms with Gasteiger partial charge < -0.3 is 5.11 Å². The summed E-state index contributed by atoms with van der Waals surface area (Å²) in [5.74, 6) is 0. The maximum Gasteiger partial charge on any atom is 0.250 e. The molecule has 0 amide bonds. The first-order chi connectivity index (χ1) is 9.44. The van der Waals surface area contributed by atoms with Gasteiger partial charge in [0, 0.05) is 10.9 Å². The van der Waals surface area contributed by atoms with Gasteiger partial charge in [-0.1, -0.05) is 24.3 Å². The minimum absolute atomic E-state index is 0.145. The number of hydrogen-bond acceptors (Lipinski definition) is 4. The van der Waals surface area contributed by atoms with E-state index in [2.05, 4.69) is 4.72 Å². The third-order valence-electron chi connectivity index (χ3n) is 3.04. The molecule has 0 bridgehead atoms. The number of sulfonamides is 1. The van der Waals surface area contributed by atoms with Crippen molar-refractivity contribution >= 4 is 21.4 Å². The van der Waals surface area contributed by atoms with Gasteiger partial charge in [0.1, 0.15) is 4.21 Å². The lowest BCUT2D eigenvalue weighted by Crippen LogP contribution is -2.26. The smallest absolute Gasteiger partial charge is 0.250 e. The SMILES string of the molecule is Cc1ccccc1C(C)NS(=O)(=O)c1ccc(CO)s1. The van der Waals surface area contributed by atoms with E-state index in [0.29, 0.717) is 4.88 Å². The van der Waals surface area contributed by atoms with E-state index in [1.807, 2.05) is 38.1 Å². The summed E-state index contributed by atoms with van der Waals surface area (Å²) in [7, 11) is -3.56. The molecule has 6 heteroatoms. The van der Waals surface area contributed by atoms with Crippen LogP contribution < -0.4 is 4.72 Å². The van der Waals surface area contributed by atoms with Crippen molar-refractivity contribution in [3.63, 3.8) is 0 Å². The average Bonchev–Trinajstić information content (AvgIpc) is 2.88. The van der Waals surface area contributed by atoms with E-state index in [0.717, 1.165) is 22.5 Å². The summed E-state index contributed by atoms with van der Waals surface area (Å²) in [6.45, 7) is 3.63. The van der Waals surface area contributed by atoms with Gasteiger partial charge in [0.25, 0.3) is 10.0 Å². The lowest BCUT2D eigenvalue weighted by atomic mass is 10.0. The summed E-state index contributed by atoms with van der Waals surface area (Å²) < 4.78 is 27.4. The molecule has 0 fully saturated rings. The Morgan fingerprint density at radius 3 is 2.55 bits per heavy atom. The van der Waals surface area contributed by atoms with E-state index in [4.69, 9.17) is 5.11 Å². The zero-order chi connectivity index (χ0) is 14.8. The molecule has 4 nitrogen and oxygen atoms in total. The maximum absolute atomic E-state index is 12.3. The highest BCUT2D eigenvalue weighted by Crippen LogP contribution is 2.24. The highest BCUT2D eigenvalue weighted by Gasteiger charge is 2.20. The third kappa shape index (κ3) is 3.27. The van der Waals surface area contributed by atoms with Gasteiger partial charge in [0.15, 0.2) is 0 Å². The van der Waals surface area contributed by atoms with Gasteiger partial charge in [-0.25, -0.2) is 13.1 Å². The molecule has 2 rings (SSSR count). The molecule has 0 aliphatic rings. The van der Waals surface area contributed by atoms with Crippen molar-refractivity contribution in [3.05, 3.63) is 52.4 Å². The molecule has 1 unspecified atom stereocenters. The van der Waals surface area contributed by atoms with Crippen LogP contribution in [0.2, 0.25) is 0 Å². The molecule has 0 saturated heterocycles. The Labute approximate surface area is 123 Å². The standard InChI is InChI=1S/C14H17NO3S2/c1-10-5-3-4-6-13(10)11(2)15-20(17,18)14-8-7-12(9-16)19-14/h3-8,11,15-16H,9H2,1-2H3. The van der Waals surface area contributed by atoms with Gasteiger partial charge in [-0.2, -0.15) is 0 Å². The summed E-state index contributed by atoms with van der Waals surface area (Å²) in [6.07, 6.45) is 0. The van der Waals surface area contributed by atoms with Crippen LogP contribution in [-0.4, -0.2) is 13.5 Å². The molecule has 1 atom stereocenters. The summed E-state index contributed by atoms with van der Waals surface area (Å²) in [6, 6.07) is 10.5. The molecule has 0 aliphatic heterocycles. The fraction of sp³-hybridized carbons (Fsp3) is 0.286. The maximum atomic E-state index is 12.3. The molecule has 2 aromatic rings. The van der Waals surface area contributed by atoms with Crippen molar-refractivity contribution in [1.29, 1.82) is 0 Å². The molecule has 108 valence electrons. The van der Waals surface area contributed by atoms with Crippen molar-refractivity contribution < 1.29 is 13.5 Å². The second-order valence-corrected chi connectivity index (χ2v) is 7.69. The van der Waals surface area contributed by atoms with Crippen LogP contribution in [0, 0.1) is 6.92 Å². The molecule has 0 spiro atoms. The first kappa shape index (κ1) is 15.2. The predicted molar refractivity (Wildman–Crippen MR) is 80.2 cm³/mol. The lowest BCUT2D eigenvalue weighted by molar-refractivity contribution is 0.285. The summed E-state index contributed by atoms with van der Waals surface area (Å²) >= 11 is 1.08. The van der Waals surface area contributed by atoms with Gasteiger partial charge in [-0.15, -0.1) is 11.3 Å². The molecule has 0 radical (unpaired) electrons. The minimum atomic E-state index is -3.56. The Balaban J connectivity index is 2.22. The molecular weight excluding hydrogens is 294 g/mol. The average molecular weight is 311 g/mol. The summed E-state index contributed by atoms with van der Waals surface area (Å²) in [5.41, 5.74) is 2.00. The molecule has 20 heavy (non-hydrogen) atoms. The van der Waals surface area contributed by atoms with E-state index in [1.54, 1.807) is 6.07 Å². The van der Waals surface area contributed by atoms with Crippen molar-refractivity contribution in [2.24, 2.45) is 0 Å². The number of aliphatic hydroxyl groups excluding tert-OH is 1. The van der Waals surface area contributed by atoms with Gasteiger partial charge in [-0.3, -0.25) is 0 Å². The molecule has 0 aliphatic carbocycles. The highest BCUT2D eigenvalue weighted by atomic mass is 32.2. The topological polar surface area (TPSA) is 66.4 Å². The number of hydrogen-bond donors (Lipinski definition) is 2. The monoisotopic (exact) mass is 311 g/mol. The predicted octanol–water partition coefficient (Wildman–Crippen LogP) is 2.59. The second kappa shape index (κ2) is 6.05. The van der Waals surface area contributed by atoms with E-state index in [-0.39, 0.29) is 16.9 Å². The van der Waals surface area contributed by atoms with E-state index < -0.39 is 10.0 Å². The van der Waals surface area contributed by atoms with Crippen LogP contribution in [0.5, 0.6) is 0 Å². The third-order valence-corrected chi connectivity index (χ3v) is 6.15. The molecule has 1 heterocycles. The van der Waals surface area contributed by atoms with Gasteiger partial charge in [0.05, 0.1) is 6.61 Å². The van der Waals surface area contributed by atoms with E-state index >= 15 is 0 Å². The van der Waals surface area contributed by atoms with E-state index in [1.165, 1.54) is 6.07 Å². The Kier molecular flexibility index (Phi) is 4.59. The van der Waals surface area contributed by atoms with Crippen molar-refractivity contribution in [2.75, 3.05) is 0 Å². The van der Waals surface area contributed by atoms with Crippen LogP contribution >= 0.6 is 11.3 Å². The molecule has 1 aromatic carbocycles. The fourth-order valence-corrected chi connectivity index (χ4v) is 4.47. The normalized spacial score (nSPS) is 13.3. The van der Waals surface area contributed by atoms with Crippen LogP contribution in [-0.2, 0) is 16.6 Å². The Morgan fingerprint density at radius 1 is 1.25 bits per heavy atom. The van der Waals surface area contributed by atoms with Crippen LogP contribution in [0.4, 0.5) is 0 Å². The quantitative estimate of drug-likeness (QED) is 0.892. The number of aryl methyl sites for hydroxylation is 1. The number of nitrogens with one attached hydrogen (secondary N) is 1. The van der Waals surface area contributed by atoms with E-state index in [9.17, 15) is 8.42 Å². The second-order valence-electron chi connectivity index (χ2n) is 4.58. The van der Waals surface area contributed by atoms with Crippen LogP contribution in [0.15, 0.2) is 40.6 Å². The molecule has 0 saturated carbocycles. The zero-order valence-corrected chi connectivity index (χ0v) is 13.0. The zero-order valence-electron chi connectivity index (χ0n) is 11.3. The lowest BCUT2D eigenvalue weighted by Gasteiger charge is -2.16. The first-order valence-electron chi connectivity index (χ1n) is 6.21. The van der Waals surface area contributed by atoms with Gasteiger partial charge in [-0.05, 0) is 37.1 Å². The Morgan fingerprint density at radius 2 is 1.95 bits per heavy atom. The molecular formula is C14H17NO3S2. The van der Waals surface area contributed by atoms with Gasteiger partial charge in [0.2, 0.25) is 0 Å². The van der Waals surface area contributed by atoms with Crippen LogP contribution in [0.25, 0.3) is 0 Å². The van der Waals surface area contributed by atoms with Crippen LogP contribution in [0.1, 0.15) is 29.0 Å². The highest BCUT2D eigenvalue weighted by molar-refractivity contribution is 7.91. The minimum Gasteiger partial charge on any atom is -0.391 e. The number of aliphatic hydroxyl groups is 1. The fourth-order valence-electron chi connectivity index (χ4n) is 2.01. The first-order valence-corrected chi connectivity index (χ1v) is 8.51. The summed E-state index contributed by atoms with van der Waals surface area (Å²) in [5, 5.41) is 9.01. The number of rotatable bonds is 5. The largest absolute Gasteiger partial charge is 0.391 e. The Bertz CT molecular complexity index is 692. The van der Waals surface area contributed by atoms with Crippen molar-refractivity contribution in [1.82, 2.24) is 4.72 Å². The van der Waals surface area contributed by atoms with Crippen molar-refractivity contribution in [3.8, 4) is 0 Å². The molecule has 2 N–H and O–H groups in total. The molecule has 1 aromatic heterocycles. The van der Waals surface area contributed by atoms with Crippen LogP contribution in [0.3, 0.4) is 0 Å². The van der Waals surface area contributed by atoms with Crippen molar-refractivity contribution in [2.45, 2.75) is 30.7 Å². The summed E-state index contributed by atoms with van der Waals surface area (Å²) in [4.78, 5) is 0.633.